The van der Waals surface area contributed by atoms with Gasteiger partial charge in [-0.3, -0.25) is 14.7 Å². The van der Waals surface area contributed by atoms with Gasteiger partial charge in [0.2, 0.25) is 5.91 Å². The number of hydrogen-bond acceptors (Lipinski definition) is 5. The second-order valence-electron chi connectivity index (χ2n) is 5.26. The molecule has 1 aromatic heterocycles. The van der Waals surface area contributed by atoms with Gasteiger partial charge in [-0.2, -0.15) is 0 Å². The standard InChI is InChI=1S/C15H23N3O3/c1-16-14(19)15(11-20-2)6-4-8-18(15)10-12-9-13(21-3)5-7-17-12/h5,7,9H,4,6,8,10-11H2,1-3H3,(H,16,19). The van der Waals surface area contributed by atoms with E-state index < -0.39 is 5.54 Å². The number of rotatable bonds is 6. The number of likely N-dealkylation sites (tertiary alicyclic amines) is 1. The van der Waals surface area contributed by atoms with E-state index in [1.54, 1.807) is 27.5 Å². The lowest BCUT2D eigenvalue weighted by Gasteiger charge is -2.36. The van der Waals surface area contributed by atoms with Crippen LogP contribution in [0.25, 0.3) is 0 Å². The van der Waals surface area contributed by atoms with Crippen molar-refractivity contribution in [3.8, 4) is 5.75 Å². The molecule has 1 fully saturated rings. The van der Waals surface area contributed by atoms with Gasteiger partial charge in [-0.1, -0.05) is 0 Å². The highest BCUT2D eigenvalue weighted by Gasteiger charge is 2.47. The number of ether oxygens (including phenoxy) is 2. The maximum atomic E-state index is 12.4. The van der Waals surface area contributed by atoms with Crippen LogP contribution in [0.4, 0.5) is 0 Å². The molecule has 0 spiro atoms. The predicted molar refractivity (Wildman–Crippen MR) is 79.1 cm³/mol. The first kappa shape index (κ1) is 15.7. The quantitative estimate of drug-likeness (QED) is 0.841. The topological polar surface area (TPSA) is 63.7 Å². The fourth-order valence-electron chi connectivity index (χ4n) is 2.99. The second-order valence-corrected chi connectivity index (χ2v) is 5.26. The summed E-state index contributed by atoms with van der Waals surface area (Å²) in [7, 11) is 4.93. The Morgan fingerprint density at radius 1 is 1.52 bits per heavy atom. The smallest absolute Gasteiger partial charge is 0.242 e. The molecule has 1 aromatic rings. The van der Waals surface area contributed by atoms with E-state index in [1.165, 1.54) is 0 Å². The summed E-state index contributed by atoms with van der Waals surface area (Å²) in [5.74, 6) is 0.779. The number of pyridine rings is 1. The number of methoxy groups -OCH3 is 2. The van der Waals surface area contributed by atoms with E-state index in [4.69, 9.17) is 9.47 Å². The molecule has 1 aliphatic heterocycles. The van der Waals surface area contributed by atoms with Crippen LogP contribution in [-0.2, 0) is 16.1 Å². The average molecular weight is 293 g/mol. The van der Waals surface area contributed by atoms with Gasteiger partial charge < -0.3 is 14.8 Å². The molecule has 1 atom stereocenters. The van der Waals surface area contributed by atoms with Crippen LogP contribution in [0.1, 0.15) is 18.5 Å². The van der Waals surface area contributed by atoms with Gasteiger partial charge in [-0.15, -0.1) is 0 Å². The fraction of sp³-hybridized carbons (Fsp3) is 0.600. The van der Waals surface area contributed by atoms with Gasteiger partial charge in [0.25, 0.3) is 0 Å². The van der Waals surface area contributed by atoms with Gasteiger partial charge >= 0.3 is 0 Å². The van der Waals surface area contributed by atoms with E-state index in [-0.39, 0.29) is 5.91 Å². The number of likely N-dealkylation sites (N-methyl/N-ethyl adjacent to an activating group) is 1. The van der Waals surface area contributed by atoms with Crippen LogP contribution >= 0.6 is 0 Å². The van der Waals surface area contributed by atoms with E-state index in [0.717, 1.165) is 30.8 Å². The summed E-state index contributed by atoms with van der Waals surface area (Å²) in [6, 6.07) is 3.72. The number of nitrogens with one attached hydrogen (secondary N) is 1. The number of aromatic nitrogens is 1. The van der Waals surface area contributed by atoms with E-state index in [9.17, 15) is 4.79 Å². The molecular formula is C15H23N3O3. The van der Waals surface area contributed by atoms with Crippen molar-refractivity contribution >= 4 is 5.91 Å². The molecule has 1 amide bonds. The monoisotopic (exact) mass is 293 g/mol. The largest absolute Gasteiger partial charge is 0.497 e. The van der Waals surface area contributed by atoms with Gasteiger partial charge in [-0.05, 0) is 25.5 Å². The Balaban J connectivity index is 2.21. The molecule has 0 saturated carbocycles. The fourth-order valence-corrected chi connectivity index (χ4v) is 2.99. The summed E-state index contributed by atoms with van der Waals surface area (Å²) < 4.78 is 10.5. The van der Waals surface area contributed by atoms with Crippen LogP contribution in [-0.4, -0.2) is 55.7 Å². The first-order valence-electron chi connectivity index (χ1n) is 7.11. The lowest BCUT2D eigenvalue weighted by molar-refractivity contribution is -0.135. The normalized spacial score (nSPS) is 22.2. The van der Waals surface area contributed by atoms with Crippen molar-refractivity contribution in [2.24, 2.45) is 0 Å². The molecule has 0 aromatic carbocycles. The Hall–Kier alpha value is -1.66. The van der Waals surface area contributed by atoms with Crippen molar-refractivity contribution in [3.63, 3.8) is 0 Å². The Morgan fingerprint density at radius 3 is 3.00 bits per heavy atom. The highest BCUT2D eigenvalue weighted by atomic mass is 16.5. The zero-order chi connectivity index (χ0) is 15.3. The molecule has 116 valence electrons. The van der Waals surface area contributed by atoms with Crippen LogP contribution in [0, 0.1) is 0 Å². The summed E-state index contributed by atoms with van der Waals surface area (Å²) in [6.07, 6.45) is 3.49. The van der Waals surface area contributed by atoms with Crippen molar-refractivity contribution in [2.45, 2.75) is 24.9 Å². The van der Waals surface area contributed by atoms with E-state index in [1.807, 2.05) is 12.1 Å². The van der Waals surface area contributed by atoms with Crippen LogP contribution in [0.2, 0.25) is 0 Å². The zero-order valence-corrected chi connectivity index (χ0v) is 12.9. The van der Waals surface area contributed by atoms with Gasteiger partial charge in [0.15, 0.2) is 0 Å². The van der Waals surface area contributed by atoms with Crippen molar-refractivity contribution in [1.29, 1.82) is 0 Å². The molecule has 0 bridgehead atoms. The van der Waals surface area contributed by atoms with Gasteiger partial charge in [0, 0.05) is 33.0 Å². The maximum absolute atomic E-state index is 12.4. The molecule has 6 heteroatoms. The third kappa shape index (κ3) is 3.16. The van der Waals surface area contributed by atoms with Crippen molar-refractivity contribution in [3.05, 3.63) is 24.0 Å². The molecule has 6 nitrogen and oxygen atoms in total. The molecule has 1 saturated heterocycles. The molecule has 2 rings (SSSR count). The highest BCUT2D eigenvalue weighted by Crippen LogP contribution is 2.31. The summed E-state index contributed by atoms with van der Waals surface area (Å²) in [4.78, 5) is 18.9. The lowest BCUT2D eigenvalue weighted by atomic mass is 9.95. The minimum Gasteiger partial charge on any atom is -0.497 e. The van der Waals surface area contributed by atoms with E-state index in [2.05, 4.69) is 15.2 Å². The van der Waals surface area contributed by atoms with Crippen LogP contribution in [0.5, 0.6) is 5.75 Å². The molecule has 0 radical (unpaired) electrons. The Labute approximate surface area is 125 Å². The SMILES string of the molecule is CNC(=O)C1(COC)CCCN1Cc1cc(OC)ccn1. The summed E-state index contributed by atoms with van der Waals surface area (Å²) in [6.45, 7) is 1.85. The lowest BCUT2D eigenvalue weighted by Crippen LogP contribution is -2.57. The molecule has 2 heterocycles. The Morgan fingerprint density at radius 2 is 2.33 bits per heavy atom. The summed E-state index contributed by atoms with van der Waals surface area (Å²) in [5.41, 5.74) is 0.287. The second kappa shape index (κ2) is 6.87. The molecule has 1 aliphatic rings. The average Bonchev–Trinajstić information content (AvgIpc) is 2.91. The van der Waals surface area contributed by atoms with E-state index >= 15 is 0 Å². The van der Waals surface area contributed by atoms with Crippen LogP contribution in [0.3, 0.4) is 0 Å². The number of carbonyl (C=O) groups excluding carboxylic acids is 1. The van der Waals surface area contributed by atoms with Crippen LogP contribution < -0.4 is 10.1 Å². The predicted octanol–water partition coefficient (Wildman–Crippen LogP) is 0.817. The zero-order valence-electron chi connectivity index (χ0n) is 12.9. The van der Waals surface area contributed by atoms with Gasteiger partial charge in [0.05, 0.1) is 19.4 Å². The number of amides is 1. The van der Waals surface area contributed by atoms with Gasteiger partial charge in [0.1, 0.15) is 11.3 Å². The van der Waals surface area contributed by atoms with Crippen LogP contribution in [0.15, 0.2) is 18.3 Å². The van der Waals surface area contributed by atoms with Crippen molar-refractivity contribution in [1.82, 2.24) is 15.2 Å². The Bertz CT molecular complexity index is 495. The Kier molecular flexibility index (Phi) is 5.14. The first-order chi connectivity index (χ1) is 10.2. The minimum absolute atomic E-state index is 0.00439. The third-order valence-corrected chi connectivity index (χ3v) is 4.03. The minimum atomic E-state index is -0.603. The van der Waals surface area contributed by atoms with E-state index in [0.29, 0.717) is 13.2 Å². The number of carbonyl (C=O) groups is 1. The summed E-state index contributed by atoms with van der Waals surface area (Å²) in [5, 5.41) is 2.77. The number of nitrogens with zero attached hydrogens (tertiary/aromatic N) is 2. The first-order valence-corrected chi connectivity index (χ1v) is 7.11. The number of hydrogen-bond donors (Lipinski definition) is 1. The molecule has 0 aliphatic carbocycles. The molecule has 21 heavy (non-hydrogen) atoms. The van der Waals surface area contributed by atoms with Gasteiger partial charge in [-0.25, -0.2) is 0 Å². The molecular weight excluding hydrogens is 270 g/mol. The van der Waals surface area contributed by atoms with Crippen molar-refractivity contribution < 1.29 is 14.3 Å². The van der Waals surface area contributed by atoms with Crippen molar-refractivity contribution in [2.75, 3.05) is 34.4 Å². The maximum Gasteiger partial charge on any atom is 0.242 e. The third-order valence-electron chi connectivity index (χ3n) is 4.03. The molecule has 1 unspecified atom stereocenters. The highest BCUT2D eigenvalue weighted by molar-refractivity contribution is 5.86. The summed E-state index contributed by atoms with van der Waals surface area (Å²) >= 11 is 0. The molecule has 1 N–H and O–H groups in total.